The normalized spacial score (nSPS) is 10.3. The Bertz CT molecular complexity index is 811. The van der Waals surface area contributed by atoms with Crippen molar-refractivity contribution in [2.24, 2.45) is 0 Å². The fraction of sp³-hybridized carbons (Fsp3) is 0.133. The van der Waals surface area contributed by atoms with Crippen molar-refractivity contribution in [2.75, 3.05) is 5.32 Å². The van der Waals surface area contributed by atoms with E-state index in [1.54, 1.807) is 26.0 Å². The average molecular weight is 350 g/mol. The number of carbonyl (C=O) groups is 1. The maximum atomic E-state index is 11.7. The highest BCUT2D eigenvalue weighted by Crippen LogP contribution is 2.37. The van der Waals surface area contributed by atoms with Crippen LogP contribution in [-0.2, 0) is 0 Å². The number of anilines is 2. The molecule has 0 radical (unpaired) electrons. The minimum Gasteiger partial charge on any atom is -0.349 e. The van der Waals surface area contributed by atoms with Crippen LogP contribution in [0.2, 0.25) is 0 Å². The lowest BCUT2D eigenvalue weighted by Gasteiger charge is -2.14. The Balaban J connectivity index is 2.74. The topological polar surface area (TPSA) is 115 Å². The van der Waals surface area contributed by atoms with Gasteiger partial charge in [-0.1, -0.05) is 18.2 Å². The van der Waals surface area contributed by atoms with Crippen molar-refractivity contribution in [3.63, 3.8) is 0 Å². The van der Waals surface area contributed by atoms with Crippen LogP contribution in [-0.4, -0.2) is 15.1 Å². The summed E-state index contributed by atoms with van der Waals surface area (Å²) >= 11 is 5.48. The number of nitro groups is 2. The first kappa shape index (κ1) is 17.4. The number of nitrogens with zero attached hydrogens (tertiary/aromatic N) is 2. The number of carbonyl (C=O) groups excluding carboxylic acids is 1. The van der Waals surface area contributed by atoms with Crippen LogP contribution < -0.4 is 5.32 Å². The van der Waals surface area contributed by atoms with Gasteiger partial charge >= 0.3 is 0 Å². The Kier molecular flexibility index (Phi) is 4.79. The van der Waals surface area contributed by atoms with Gasteiger partial charge in [0.25, 0.3) is 16.6 Å². The summed E-state index contributed by atoms with van der Waals surface area (Å²) in [6.07, 6.45) is 0. The molecule has 0 atom stereocenters. The quantitative estimate of drug-likeness (QED) is 0.490. The minimum atomic E-state index is -1.03. The zero-order valence-electron chi connectivity index (χ0n) is 12.7. The van der Waals surface area contributed by atoms with E-state index in [9.17, 15) is 25.0 Å². The molecule has 2 aromatic rings. The highest BCUT2D eigenvalue weighted by Gasteiger charge is 2.27. The lowest BCUT2D eigenvalue weighted by atomic mass is 10.1. The molecule has 124 valence electrons. The van der Waals surface area contributed by atoms with Crippen molar-refractivity contribution in [3.8, 4) is 0 Å². The molecule has 0 unspecified atom stereocenters. The van der Waals surface area contributed by atoms with E-state index in [4.69, 9.17) is 11.6 Å². The smallest absolute Gasteiger partial charge is 0.300 e. The summed E-state index contributed by atoms with van der Waals surface area (Å²) in [5.74, 6) is 0. The Morgan fingerprint density at radius 1 is 1.04 bits per heavy atom. The molecule has 0 aliphatic rings. The zero-order chi connectivity index (χ0) is 18.0. The van der Waals surface area contributed by atoms with E-state index >= 15 is 0 Å². The Morgan fingerprint density at radius 3 is 2.08 bits per heavy atom. The number of rotatable bonds is 5. The van der Waals surface area contributed by atoms with E-state index in [0.717, 1.165) is 23.3 Å². The van der Waals surface area contributed by atoms with Crippen LogP contribution >= 0.6 is 11.6 Å². The molecule has 0 fully saturated rings. The number of para-hydroxylation sites is 1. The Hall–Kier alpha value is -3.00. The fourth-order valence-electron chi connectivity index (χ4n) is 2.28. The van der Waals surface area contributed by atoms with Crippen molar-refractivity contribution in [1.82, 2.24) is 0 Å². The van der Waals surface area contributed by atoms with Gasteiger partial charge in [0.2, 0.25) is 0 Å². The van der Waals surface area contributed by atoms with Crippen LogP contribution in [0.5, 0.6) is 0 Å². The fourth-order valence-corrected chi connectivity index (χ4v) is 2.43. The molecule has 0 saturated heterocycles. The third kappa shape index (κ3) is 3.33. The molecule has 9 heteroatoms. The van der Waals surface area contributed by atoms with Crippen molar-refractivity contribution in [3.05, 3.63) is 67.3 Å². The number of aryl methyl sites for hydroxylation is 2. The highest BCUT2D eigenvalue weighted by molar-refractivity contribution is 6.68. The zero-order valence-corrected chi connectivity index (χ0v) is 13.5. The van der Waals surface area contributed by atoms with Crippen LogP contribution in [0.15, 0.2) is 30.3 Å². The van der Waals surface area contributed by atoms with Gasteiger partial charge in [-0.25, -0.2) is 0 Å². The molecule has 1 N–H and O–H groups in total. The summed E-state index contributed by atoms with van der Waals surface area (Å²) in [6.45, 7) is 3.57. The van der Waals surface area contributed by atoms with Crippen molar-refractivity contribution in [2.45, 2.75) is 13.8 Å². The molecule has 0 bridgehead atoms. The number of benzene rings is 2. The number of nitro benzene ring substituents is 2. The summed E-state index contributed by atoms with van der Waals surface area (Å²) in [7, 11) is 0. The molecule has 0 aliphatic carbocycles. The number of halogens is 1. The maximum Gasteiger partial charge on any atom is 0.300 e. The lowest BCUT2D eigenvalue weighted by Crippen LogP contribution is -2.06. The molecule has 0 aromatic heterocycles. The molecule has 24 heavy (non-hydrogen) atoms. The number of hydrogen-bond donors (Lipinski definition) is 1. The van der Waals surface area contributed by atoms with Crippen LogP contribution in [0, 0.1) is 34.1 Å². The summed E-state index contributed by atoms with van der Waals surface area (Å²) < 4.78 is 0. The Labute approximate surface area is 141 Å². The third-order valence-electron chi connectivity index (χ3n) is 3.45. The van der Waals surface area contributed by atoms with Crippen LogP contribution in [0.1, 0.15) is 21.5 Å². The molecule has 0 amide bonds. The SMILES string of the molecule is Cc1cccc(C)c1Nc1c(C(=O)Cl)cc([N+](=O)[O-])cc1[N+](=O)[O-]. The van der Waals surface area contributed by atoms with Crippen molar-refractivity contribution >= 4 is 39.6 Å². The largest absolute Gasteiger partial charge is 0.349 e. The molecule has 8 nitrogen and oxygen atoms in total. The third-order valence-corrected chi connectivity index (χ3v) is 3.66. The summed E-state index contributed by atoms with van der Waals surface area (Å²) in [5, 5.41) is 24.1. The van der Waals surface area contributed by atoms with Gasteiger partial charge in [0.1, 0.15) is 5.69 Å². The Morgan fingerprint density at radius 2 is 1.62 bits per heavy atom. The van der Waals surface area contributed by atoms with Gasteiger partial charge < -0.3 is 5.32 Å². The lowest BCUT2D eigenvalue weighted by molar-refractivity contribution is -0.393. The van der Waals surface area contributed by atoms with Crippen LogP contribution in [0.25, 0.3) is 0 Å². The molecule has 0 saturated carbocycles. The molecular formula is C15H12ClN3O5. The van der Waals surface area contributed by atoms with E-state index in [1.165, 1.54) is 0 Å². The molecule has 2 rings (SSSR count). The predicted octanol–water partition coefficient (Wildman–Crippen LogP) is 4.24. The number of hydrogen-bond acceptors (Lipinski definition) is 6. The first-order valence-corrected chi connectivity index (χ1v) is 7.10. The number of non-ortho nitro benzene ring substituents is 1. The van der Waals surface area contributed by atoms with E-state index in [0.29, 0.717) is 5.69 Å². The van der Waals surface area contributed by atoms with Gasteiger partial charge in [-0.15, -0.1) is 0 Å². The second-order valence-corrected chi connectivity index (χ2v) is 5.41. The average Bonchev–Trinajstić information content (AvgIpc) is 2.50. The second kappa shape index (κ2) is 6.63. The first-order valence-electron chi connectivity index (χ1n) is 6.72. The van der Waals surface area contributed by atoms with Crippen molar-refractivity contribution in [1.29, 1.82) is 0 Å². The van der Waals surface area contributed by atoms with Crippen LogP contribution in [0.4, 0.5) is 22.7 Å². The monoisotopic (exact) mass is 349 g/mol. The van der Waals surface area contributed by atoms with Gasteiger partial charge in [0.15, 0.2) is 0 Å². The molecule has 2 aromatic carbocycles. The number of nitrogens with one attached hydrogen (secondary N) is 1. The first-order chi connectivity index (χ1) is 11.2. The molecule has 0 aliphatic heterocycles. The van der Waals surface area contributed by atoms with Gasteiger partial charge in [0.05, 0.1) is 21.5 Å². The minimum absolute atomic E-state index is 0.178. The summed E-state index contributed by atoms with van der Waals surface area (Å²) in [6, 6.07) is 7.09. The predicted molar refractivity (Wildman–Crippen MR) is 89.1 cm³/mol. The van der Waals surface area contributed by atoms with E-state index in [2.05, 4.69) is 5.32 Å². The maximum absolute atomic E-state index is 11.7. The standard InChI is InChI=1S/C15H12ClN3O5/c1-8-4-3-5-9(2)13(8)17-14-11(15(16)20)6-10(18(21)22)7-12(14)19(23)24/h3-7,17H,1-2H3. The highest BCUT2D eigenvalue weighted by atomic mass is 35.5. The van der Waals surface area contributed by atoms with E-state index in [-0.39, 0.29) is 11.3 Å². The second-order valence-electron chi connectivity index (χ2n) is 5.07. The van der Waals surface area contributed by atoms with Gasteiger partial charge in [0, 0.05) is 11.8 Å². The summed E-state index contributed by atoms with van der Waals surface area (Å²) in [4.78, 5) is 32.3. The van der Waals surface area contributed by atoms with Gasteiger partial charge in [-0.2, -0.15) is 0 Å². The molecular weight excluding hydrogens is 338 g/mol. The van der Waals surface area contributed by atoms with Gasteiger partial charge in [-0.05, 0) is 36.6 Å². The van der Waals surface area contributed by atoms with Crippen LogP contribution in [0.3, 0.4) is 0 Å². The van der Waals surface area contributed by atoms with E-state index < -0.39 is 26.5 Å². The molecule has 0 heterocycles. The summed E-state index contributed by atoms with van der Waals surface area (Å²) in [5.41, 5.74) is 0.441. The van der Waals surface area contributed by atoms with Gasteiger partial charge in [-0.3, -0.25) is 25.0 Å². The van der Waals surface area contributed by atoms with Crippen molar-refractivity contribution < 1.29 is 14.6 Å². The van der Waals surface area contributed by atoms with E-state index in [1.807, 2.05) is 6.07 Å². The molecule has 0 spiro atoms.